The summed E-state index contributed by atoms with van der Waals surface area (Å²) < 4.78 is 17.1. The summed E-state index contributed by atoms with van der Waals surface area (Å²) in [5.41, 5.74) is 0. The first kappa shape index (κ1) is 25.8. The Balaban J connectivity index is 3.96. The van der Waals surface area contributed by atoms with Crippen molar-refractivity contribution in [1.82, 2.24) is 0 Å². The highest BCUT2D eigenvalue weighted by Gasteiger charge is 2.11. The van der Waals surface area contributed by atoms with E-state index in [2.05, 4.69) is 0 Å². The number of hydrogen-bond donors (Lipinski definition) is 3. The molecular weight excluding hydrogens is 336 g/mol. The molecule has 0 amide bonds. The number of rotatable bonds is 19. The SMILES string of the molecule is CCC(O)CCOCCC(CCOCCC(O)CC)OCCC(O)CC. The fraction of sp³-hybridized carbons (Fsp3) is 1.00. The molecule has 0 aliphatic rings. The third kappa shape index (κ3) is 16.0. The van der Waals surface area contributed by atoms with Gasteiger partial charge in [0.05, 0.1) is 24.4 Å². The fourth-order valence-corrected chi connectivity index (χ4v) is 2.37. The van der Waals surface area contributed by atoms with E-state index in [-0.39, 0.29) is 24.4 Å². The first-order chi connectivity index (χ1) is 12.5. The molecule has 0 saturated heterocycles. The van der Waals surface area contributed by atoms with Crippen LogP contribution in [0.1, 0.15) is 72.1 Å². The lowest BCUT2D eigenvalue weighted by Gasteiger charge is -2.19. The smallest absolute Gasteiger partial charge is 0.0619 e. The van der Waals surface area contributed by atoms with Crippen molar-refractivity contribution in [3.05, 3.63) is 0 Å². The van der Waals surface area contributed by atoms with Crippen molar-refractivity contribution in [2.45, 2.75) is 96.6 Å². The molecule has 0 fully saturated rings. The van der Waals surface area contributed by atoms with Crippen LogP contribution in [0, 0.1) is 0 Å². The van der Waals surface area contributed by atoms with Gasteiger partial charge in [0.1, 0.15) is 0 Å². The third-order valence-electron chi connectivity index (χ3n) is 4.58. The molecule has 0 aliphatic carbocycles. The second kappa shape index (κ2) is 18.1. The van der Waals surface area contributed by atoms with Crippen LogP contribution >= 0.6 is 0 Å². The Morgan fingerprint density at radius 2 is 0.885 bits per heavy atom. The standard InChI is InChI=1S/C20H42O6/c1-4-17(21)7-12-24-14-10-20(26-16-9-19(23)6-3)11-15-25-13-8-18(22)5-2/h17-23H,4-16H2,1-3H3. The monoisotopic (exact) mass is 378 g/mol. The van der Waals surface area contributed by atoms with Gasteiger partial charge in [0, 0.05) is 33.0 Å². The van der Waals surface area contributed by atoms with Gasteiger partial charge in [-0.05, 0) is 51.4 Å². The van der Waals surface area contributed by atoms with Crippen molar-refractivity contribution < 1.29 is 29.5 Å². The van der Waals surface area contributed by atoms with Crippen molar-refractivity contribution in [2.75, 3.05) is 33.0 Å². The zero-order chi connectivity index (χ0) is 19.6. The van der Waals surface area contributed by atoms with Crippen LogP contribution in [0.25, 0.3) is 0 Å². The molecule has 26 heavy (non-hydrogen) atoms. The summed E-state index contributed by atoms with van der Waals surface area (Å²) >= 11 is 0. The first-order valence-corrected chi connectivity index (χ1v) is 10.3. The predicted molar refractivity (Wildman–Crippen MR) is 103 cm³/mol. The van der Waals surface area contributed by atoms with E-state index in [1.54, 1.807) is 0 Å². The van der Waals surface area contributed by atoms with Crippen molar-refractivity contribution in [3.8, 4) is 0 Å². The molecule has 6 nitrogen and oxygen atoms in total. The Morgan fingerprint density at radius 3 is 1.27 bits per heavy atom. The summed E-state index contributed by atoms with van der Waals surface area (Å²) in [4.78, 5) is 0. The van der Waals surface area contributed by atoms with Gasteiger partial charge in [-0.3, -0.25) is 0 Å². The summed E-state index contributed by atoms with van der Waals surface area (Å²) in [7, 11) is 0. The quantitative estimate of drug-likeness (QED) is 0.300. The van der Waals surface area contributed by atoms with Gasteiger partial charge in [-0.15, -0.1) is 0 Å². The van der Waals surface area contributed by atoms with Crippen LogP contribution in [0.4, 0.5) is 0 Å². The van der Waals surface area contributed by atoms with Crippen LogP contribution in [-0.4, -0.2) is 72.8 Å². The molecule has 0 aromatic heterocycles. The first-order valence-electron chi connectivity index (χ1n) is 10.3. The summed E-state index contributed by atoms with van der Waals surface area (Å²) in [6, 6.07) is 0. The Morgan fingerprint density at radius 1 is 0.538 bits per heavy atom. The minimum Gasteiger partial charge on any atom is -0.393 e. The summed E-state index contributed by atoms with van der Waals surface area (Å²) in [6.07, 6.45) is 4.88. The van der Waals surface area contributed by atoms with Gasteiger partial charge in [0.15, 0.2) is 0 Å². The van der Waals surface area contributed by atoms with Gasteiger partial charge in [0.2, 0.25) is 0 Å². The van der Waals surface area contributed by atoms with Gasteiger partial charge in [-0.1, -0.05) is 20.8 Å². The van der Waals surface area contributed by atoms with Crippen molar-refractivity contribution >= 4 is 0 Å². The molecule has 0 radical (unpaired) electrons. The van der Waals surface area contributed by atoms with E-state index in [0.29, 0.717) is 52.3 Å². The normalized spacial score (nSPS) is 16.4. The van der Waals surface area contributed by atoms with E-state index in [9.17, 15) is 15.3 Å². The van der Waals surface area contributed by atoms with E-state index >= 15 is 0 Å². The molecular formula is C20H42O6. The second-order valence-electron chi connectivity index (χ2n) is 6.85. The van der Waals surface area contributed by atoms with Crippen molar-refractivity contribution in [2.24, 2.45) is 0 Å². The van der Waals surface area contributed by atoms with Crippen LogP contribution in [-0.2, 0) is 14.2 Å². The van der Waals surface area contributed by atoms with Crippen LogP contribution in [0.3, 0.4) is 0 Å². The van der Waals surface area contributed by atoms with E-state index in [4.69, 9.17) is 14.2 Å². The molecule has 158 valence electrons. The largest absolute Gasteiger partial charge is 0.393 e. The minimum atomic E-state index is -0.311. The van der Waals surface area contributed by atoms with Gasteiger partial charge < -0.3 is 29.5 Å². The van der Waals surface area contributed by atoms with Gasteiger partial charge >= 0.3 is 0 Å². The lowest BCUT2D eigenvalue weighted by Crippen LogP contribution is -2.21. The molecule has 0 spiro atoms. The zero-order valence-corrected chi connectivity index (χ0v) is 17.1. The number of ether oxygens (including phenoxy) is 3. The van der Waals surface area contributed by atoms with Crippen molar-refractivity contribution in [1.29, 1.82) is 0 Å². The maximum atomic E-state index is 9.64. The molecule has 0 rings (SSSR count). The lowest BCUT2D eigenvalue weighted by atomic mass is 10.2. The molecule has 0 aromatic carbocycles. The van der Waals surface area contributed by atoms with Gasteiger partial charge in [0.25, 0.3) is 0 Å². The molecule has 3 N–H and O–H groups in total. The minimum absolute atomic E-state index is 0.0336. The van der Waals surface area contributed by atoms with Gasteiger partial charge in [-0.2, -0.15) is 0 Å². The highest BCUT2D eigenvalue weighted by atomic mass is 16.5. The summed E-state index contributed by atoms with van der Waals surface area (Å²) in [6.45, 7) is 8.70. The van der Waals surface area contributed by atoms with Crippen LogP contribution in [0.5, 0.6) is 0 Å². The zero-order valence-electron chi connectivity index (χ0n) is 17.1. The Kier molecular flexibility index (Phi) is 18.0. The van der Waals surface area contributed by atoms with E-state index in [1.807, 2.05) is 20.8 Å². The van der Waals surface area contributed by atoms with E-state index < -0.39 is 0 Å². The molecule has 0 aromatic rings. The maximum absolute atomic E-state index is 9.64. The molecule has 3 unspecified atom stereocenters. The Labute approximate surface area is 159 Å². The molecule has 0 heterocycles. The fourth-order valence-electron chi connectivity index (χ4n) is 2.37. The third-order valence-corrected chi connectivity index (χ3v) is 4.58. The summed E-state index contributed by atoms with van der Waals surface area (Å²) in [5.74, 6) is 0. The molecule has 3 atom stereocenters. The predicted octanol–water partition coefficient (Wildman–Crippen LogP) is 2.67. The molecule has 6 heteroatoms. The Hall–Kier alpha value is -0.240. The van der Waals surface area contributed by atoms with Gasteiger partial charge in [-0.25, -0.2) is 0 Å². The van der Waals surface area contributed by atoms with Crippen molar-refractivity contribution in [3.63, 3.8) is 0 Å². The van der Waals surface area contributed by atoms with E-state index in [1.165, 1.54) is 0 Å². The topological polar surface area (TPSA) is 88.4 Å². The Bertz CT molecular complexity index is 269. The van der Waals surface area contributed by atoms with Crippen LogP contribution in [0.15, 0.2) is 0 Å². The lowest BCUT2D eigenvalue weighted by molar-refractivity contribution is -0.0171. The second-order valence-corrected chi connectivity index (χ2v) is 6.85. The molecule has 0 saturated carbocycles. The molecule has 0 aliphatic heterocycles. The van der Waals surface area contributed by atoms with E-state index in [0.717, 1.165) is 32.1 Å². The highest BCUT2D eigenvalue weighted by molar-refractivity contribution is 4.61. The van der Waals surface area contributed by atoms with Crippen LogP contribution < -0.4 is 0 Å². The molecule has 0 bridgehead atoms. The summed E-state index contributed by atoms with van der Waals surface area (Å²) in [5, 5.41) is 28.7. The number of aliphatic hydroxyl groups excluding tert-OH is 3. The highest BCUT2D eigenvalue weighted by Crippen LogP contribution is 2.09. The average Bonchev–Trinajstić information content (AvgIpc) is 2.65. The van der Waals surface area contributed by atoms with Crippen LogP contribution in [0.2, 0.25) is 0 Å². The number of aliphatic hydroxyl groups is 3. The average molecular weight is 379 g/mol. The number of hydrogen-bond acceptors (Lipinski definition) is 6. The maximum Gasteiger partial charge on any atom is 0.0619 e.